The Labute approximate surface area is 102 Å². The summed E-state index contributed by atoms with van der Waals surface area (Å²) in [5.41, 5.74) is -0.0886. The molecule has 0 saturated carbocycles. The first kappa shape index (κ1) is 12.4. The van der Waals surface area contributed by atoms with Crippen LogP contribution in [0.15, 0.2) is 18.2 Å². The Morgan fingerprint density at radius 3 is 2.47 bits per heavy atom. The molecule has 0 unspecified atom stereocenters. The summed E-state index contributed by atoms with van der Waals surface area (Å²) in [7, 11) is 1.43. The molecule has 3 nitrogen and oxygen atoms in total. The van der Waals surface area contributed by atoms with Gasteiger partial charge < -0.3 is 9.84 Å². The van der Waals surface area contributed by atoms with Crippen molar-refractivity contribution in [3.05, 3.63) is 23.8 Å². The third-order valence-electron chi connectivity index (χ3n) is 1.71. The molecule has 0 amide bonds. The standard InChI is InChI=1S/C9H7Cl3O3/c1-15-5-2-3-7(13)6(4-5)8(14)9(10,11)12/h2-4,13H,1H3. The molecule has 0 atom stereocenters. The fraction of sp³-hybridized carbons (Fsp3) is 0.222. The average Bonchev–Trinajstić information content (AvgIpc) is 2.16. The monoisotopic (exact) mass is 268 g/mol. The number of carbonyl (C=O) groups is 1. The van der Waals surface area contributed by atoms with Gasteiger partial charge in [0, 0.05) is 0 Å². The van der Waals surface area contributed by atoms with Crippen molar-refractivity contribution < 1.29 is 14.6 Å². The maximum Gasteiger partial charge on any atom is 0.253 e. The minimum atomic E-state index is -2.09. The van der Waals surface area contributed by atoms with Gasteiger partial charge in [-0.25, -0.2) is 0 Å². The summed E-state index contributed by atoms with van der Waals surface area (Å²) in [6.45, 7) is 0. The largest absolute Gasteiger partial charge is 0.507 e. The van der Waals surface area contributed by atoms with E-state index >= 15 is 0 Å². The Hall–Kier alpha value is -0.640. The van der Waals surface area contributed by atoms with Gasteiger partial charge in [-0.1, -0.05) is 34.8 Å². The smallest absolute Gasteiger partial charge is 0.253 e. The Morgan fingerprint density at radius 2 is 2.00 bits per heavy atom. The molecule has 0 spiro atoms. The second-order valence-electron chi connectivity index (χ2n) is 2.71. The quantitative estimate of drug-likeness (QED) is 0.663. The van der Waals surface area contributed by atoms with Gasteiger partial charge in [0.05, 0.1) is 12.7 Å². The number of methoxy groups -OCH3 is 1. The maximum absolute atomic E-state index is 11.5. The van der Waals surface area contributed by atoms with Gasteiger partial charge >= 0.3 is 0 Å². The first-order chi connectivity index (χ1) is 6.86. The first-order valence-corrected chi connectivity index (χ1v) is 4.98. The molecule has 1 N–H and O–H groups in total. The molecule has 15 heavy (non-hydrogen) atoms. The molecule has 0 aliphatic heterocycles. The molecule has 1 rings (SSSR count). The molecule has 0 bridgehead atoms. The molecule has 6 heteroatoms. The molecular weight excluding hydrogens is 262 g/mol. The summed E-state index contributed by atoms with van der Waals surface area (Å²) in [6, 6.07) is 4.09. The molecule has 1 aromatic carbocycles. The highest BCUT2D eigenvalue weighted by Crippen LogP contribution is 2.34. The van der Waals surface area contributed by atoms with E-state index < -0.39 is 9.58 Å². The molecule has 82 valence electrons. The van der Waals surface area contributed by atoms with Gasteiger partial charge in [0.25, 0.3) is 3.79 Å². The van der Waals surface area contributed by atoms with Crippen LogP contribution >= 0.6 is 34.8 Å². The topological polar surface area (TPSA) is 46.5 Å². The molecule has 0 saturated heterocycles. The molecule has 0 aliphatic rings. The number of aromatic hydroxyl groups is 1. The van der Waals surface area contributed by atoms with Gasteiger partial charge in [0.2, 0.25) is 5.78 Å². The summed E-state index contributed by atoms with van der Waals surface area (Å²) >= 11 is 16.2. The van der Waals surface area contributed by atoms with Crippen LogP contribution in [-0.4, -0.2) is 21.8 Å². The maximum atomic E-state index is 11.5. The highest BCUT2D eigenvalue weighted by atomic mass is 35.6. The van der Waals surface area contributed by atoms with Crippen molar-refractivity contribution in [1.29, 1.82) is 0 Å². The number of alkyl halides is 3. The minimum absolute atomic E-state index is 0.0886. The summed E-state index contributed by atoms with van der Waals surface area (Å²) in [6.07, 6.45) is 0. The number of ketones is 1. The second-order valence-corrected chi connectivity index (χ2v) is 4.99. The molecule has 0 aliphatic carbocycles. The number of hydrogen-bond donors (Lipinski definition) is 1. The number of hydrogen-bond acceptors (Lipinski definition) is 3. The number of benzene rings is 1. The normalized spacial score (nSPS) is 11.2. The van der Waals surface area contributed by atoms with Crippen LogP contribution in [0, 0.1) is 0 Å². The van der Waals surface area contributed by atoms with Crippen molar-refractivity contribution in [2.45, 2.75) is 3.79 Å². The molecule has 0 heterocycles. The van der Waals surface area contributed by atoms with E-state index in [9.17, 15) is 9.90 Å². The van der Waals surface area contributed by atoms with Crippen LogP contribution < -0.4 is 4.74 Å². The number of phenols is 1. The van der Waals surface area contributed by atoms with Crippen LogP contribution in [0.4, 0.5) is 0 Å². The number of ether oxygens (including phenoxy) is 1. The van der Waals surface area contributed by atoms with Gasteiger partial charge in [-0.15, -0.1) is 0 Å². The Kier molecular flexibility index (Phi) is 3.71. The fourth-order valence-corrected chi connectivity index (χ4v) is 1.28. The van der Waals surface area contributed by atoms with Crippen molar-refractivity contribution in [2.75, 3.05) is 7.11 Å². The third-order valence-corrected chi connectivity index (χ3v) is 2.22. The molecule has 0 fully saturated rings. The van der Waals surface area contributed by atoms with Gasteiger partial charge in [0.1, 0.15) is 11.5 Å². The number of halogens is 3. The summed E-state index contributed by atoms with van der Waals surface area (Å²) < 4.78 is 2.79. The molecule has 0 aromatic heterocycles. The summed E-state index contributed by atoms with van der Waals surface area (Å²) in [4.78, 5) is 11.5. The second kappa shape index (κ2) is 4.47. The van der Waals surface area contributed by atoms with E-state index in [2.05, 4.69) is 0 Å². The van der Waals surface area contributed by atoms with E-state index in [4.69, 9.17) is 39.5 Å². The number of rotatable bonds is 2. The van der Waals surface area contributed by atoms with Crippen molar-refractivity contribution >= 4 is 40.6 Å². The van der Waals surface area contributed by atoms with Crippen molar-refractivity contribution in [3.8, 4) is 11.5 Å². The third kappa shape index (κ3) is 2.91. The SMILES string of the molecule is COc1ccc(O)c(C(=O)C(Cl)(Cl)Cl)c1. The van der Waals surface area contributed by atoms with Crippen LogP contribution in [0.3, 0.4) is 0 Å². The lowest BCUT2D eigenvalue weighted by Crippen LogP contribution is -2.19. The van der Waals surface area contributed by atoms with Gasteiger partial charge in [-0.05, 0) is 18.2 Å². The van der Waals surface area contributed by atoms with Crippen molar-refractivity contribution in [2.24, 2.45) is 0 Å². The highest BCUT2D eigenvalue weighted by Gasteiger charge is 2.33. The zero-order chi connectivity index (χ0) is 11.6. The lowest BCUT2D eigenvalue weighted by molar-refractivity contribution is 0.0993. The van der Waals surface area contributed by atoms with Gasteiger partial charge in [0.15, 0.2) is 0 Å². The first-order valence-electron chi connectivity index (χ1n) is 3.85. The Bertz CT molecular complexity index is 385. The van der Waals surface area contributed by atoms with Crippen LogP contribution in [0.2, 0.25) is 0 Å². The summed E-state index contributed by atoms with van der Waals surface area (Å²) in [5, 5.41) is 9.41. The van der Waals surface area contributed by atoms with Crippen molar-refractivity contribution in [1.82, 2.24) is 0 Å². The Balaban J connectivity index is 3.19. The molecular formula is C9H7Cl3O3. The predicted octanol–water partition coefficient (Wildman–Crippen LogP) is 2.95. The van der Waals surface area contributed by atoms with E-state index in [1.54, 1.807) is 0 Å². The van der Waals surface area contributed by atoms with Crippen LogP contribution in [-0.2, 0) is 0 Å². The van der Waals surface area contributed by atoms with Crippen LogP contribution in [0.1, 0.15) is 10.4 Å². The number of carbonyl (C=O) groups excluding carboxylic acids is 1. The zero-order valence-electron chi connectivity index (χ0n) is 7.63. The lowest BCUT2D eigenvalue weighted by Gasteiger charge is -2.11. The highest BCUT2D eigenvalue weighted by molar-refractivity contribution is 6.77. The van der Waals surface area contributed by atoms with E-state index in [0.29, 0.717) is 5.75 Å². The van der Waals surface area contributed by atoms with Crippen LogP contribution in [0.5, 0.6) is 11.5 Å². The van der Waals surface area contributed by atoms with Crippen molar-refractivity contribution in [3.63, 3.8) is 0 Å². The summed E-state index contributed by atoms with van der Waals surface area (Å²) in [5.74, 6) is -0.665. The van der Waals surface area contributed by atoms with E-state index in [1.807, 2.05) is 0 Å². The van der Waals surface area contributed by atoms with E-state index in [0.717, 1.165) is 0 Å². The zero-order valence-corrected chi connectivity index (χ0v) is 9.90. The predicted molar refractivity (Wildman–Crippen MR) is 59.3 cm³/mol. The number of Topliss-reactive ketones (excluding diaryl/α,β-unsaturated/α-hetero) is 1. The van der Waals surface area contributed by atoms with Crippen LogP contribution in [0.25, 0.3) is 0 Å². The lowest BCUT2D eigenvalue weighted by atomic mass is 10.1. The minimum Gasteiger partial charge on any atom is -0.507 e. The van der Waals surface area contributed by atoms with Gasteiger partial charge in [-0.3, -0.25) is 4.79 Å². The van der Waals surface area contributed by atoms with Gasteiger partial charge in [-0.2, -0.15) is 0 Å². The average molecular weight is 270 g/mol. The molecule has 0 radical (unpaired) electrons. The van der Waals surface area contributed by atoms with E-state index in [-0.39, 0.29) is 11.3 Å². The van der Waals surface area contributed by atoms with E-state index in [1.165, 1.54) is 25.3 Å². The number of phenolic OH excluding ortho intramolecular Hbond substituents is 1. The fourth-order valence-electron chi connectivity index (χ4n) is 0.977. The Morgan fingerprint density at radius 1 is 1.40 bits per heavy atom. The molecule has 1 aromatic rings.